The van der Waals surface area contributed by atoms with Gasteiger partial charge in [0.05, 0.1) is 0 Å². The lowest BCUT2D eigenvalue weighted by atomic mass is 10.2. The summed E-state index contributed by atoms with van der Waals surface area (Å²) in [6, 6.07) is 6.25. The molecule has 0 unspecified atom stereocenters. The molecule has 5 heteroatoms. The smallest absolute Gasteiger partial charge is 0.293 e. The molecule has 0 fully saturated rings. The molecule has 0 aliphatic heterocycles. The second-order valence-electron chi connectivity index (χ2n) is 4.26. The molecule has 0 bridgehead atoms. The van der Waals surface area contributed by atoms with E-state index in [0.717, 1.165) is 12.0 Å². The maximum atomic E-state index is 13.0. The molecule has 1 N–H and O–H groups in total. The first-order chi connectivity index (χ1) is 9.20. The Morgan fingerprint density at radius 2 is 2.26 bits per heavy atom. The molecule has 2 rings (SSSR count). The number of nitrogens with zero attached hydrogens (tertiary/aromatic N) is 2. The molecule has 0 radical (unpaired) electrons. The Hall–Kier alpha value is -2.17. The fourth-order valence-electron chi connectivity index (χ4n) is 1.82. The van der Waals surface area contributed by atoms with Gasteiger partial charge in [-0.05, 0) is 24.1 Å². The van der Waals surface area contributed by atoms with Gasteiger partial charge in [-0.25, -0.2) is 9.37 Å². The summed E-state index contributed by atoms with van der Waals surface area (Å²) in [5.74, 6) is 0.00364. The van der Waals surface area contributed by atoms with Crippen LogP contribution in [-0.2, 0) is 13.1 Å². The Balaban J connectivity index is 2.11. The van der Waals surface area contributed by atoms with E-state index in [9.17, 15) is 9.18 Å². The zero-order valence-corrected chi connectivity index (χ0v) is 10.8. The highest BCUT2D eigenvalue weighted by atomic mass is 19.1. The lowest BCUT2D eigenvalue weighted by Crippen LogP contribution is -2.24. The monoisotopic (exact) mass is 261 g/mol. The fraction of sp³-hybridized carbons (Fsp3) is 0.286. The van der Waals surface area contributed by atoms with E-state index in [1.807, 2.05) is 6.92 Å². The molecule has 0 aliphatic rings. The van der Waals surface area contributed by atoms with Crippen molar-refractivity contribution in [1.29, 1.82) is 0 Å². The minimum absolute atomic E-state index is 0.152. The van der Waals surface area contributed by atoms with Crippen molar-refractivity contribution in [3.8, 4) is 0 Å². The number of hydrogen-bond acceptors (Lipinski definition) is 3. The summed E-state index contributed by atoms with van der Waals surface area (Å²) < 4.78 is 14.6. The van der Waals surface area contributed by atoms with E-state index in [1.54, 1.807) is 29.1 Å². The Bertz CT molecular complexity index is 610. The van der Waals surface area contributed by atoms with Crippen LogP contribution in [0.4, 0.5) is 10.2 Å². The first-order valence-electron chi connectivity index (χ1n) is 6.24. The van der Waals surface area contributed by atoms with Gasteiger partial charge < -0.3 is 9.88 Å². The number of rotatable bonds is 5. The third-order valence-electron chi connectivity index (χ3n) is 2.73. The van der Waals surface area contributed by atoms with E-state index >= 15 is 0 Å². The van der Waals surface area contributed by atoms with E-state index in [-0.39, 0.29) is 11.4 Å². The van der Waals surface area contributed by atoms with Crippen LogP contribution in [0.2, 0.25) is 0 Å². The summed E-state index contributed by atoms with van der Waals surface area (Å²) in [5, 5.41) is 2.94. The maximum absolute atomic E-state index is 13.0. The standard InChI is InChI=1S/C14H16FN3O/c1-2-7-18-8-6-16-13(14(18)19)17-10-11-4-3-5-12(15)9-11/h3-6,8-9H,2,7,10H2,1H3,(H,16,17). The predicted molar refractivity (Wildman–Crippen MR) is 72.5 cm³/mol. The fourth-order valence-corrected chi connectivity index (χ4v) is 1.82. The molecule has 1 aromatic heterocycles. The van der Waals surface area contributed by atoms with Crippen molar-refractivity contribution in [1.82, 2.24) is 9.55 Å². The zero-order valence-electron chi connectivity index (χ0n) is 10.8. The maximum Gasteiger partial charge on any atom is 0.293 e. The molecule has 1 aromatic carbocycles. The third-order valence-corrected chi connectivity index (χ3v) is 2.73. The summed E-state index contributed by atoms with van der Waals surface area (Å²) in [6.45, 7) is 3.04. The average Bonchev–Trinajstić information content (AvgIpc) is 2.40. The second-order valence-corrected chi connectivity index (χ2v) is 4.26. The summed E-state index contributed by atoms with van der Waals surface area (Å²) in [4.78, 5) is 16.0. The molecular weight excluding hydrogens is 245 g/mol. The summed E-state index contributed by atoms with van der Waals surface area (Å²) in [6.07, 6.45) is 4.14. The molecule has 0 saturated heterocycles. The van der Waals surface area contributed by atoms with E-state index < -0.39 is 0 Å². The predicted octanol–water partition coefficient (Wildman–Crippen LogP) is 2.40. The highest BCUT2D eigenvalue weighted by molar-refractivity contribution is 5.32. The van der Waals surface area contributed by atoms with Crippen molar-refractivity contribution in [3.05, 3.63) is 58.4 Å². The molecule has 1 heterocycles. The summed E-state index contributed by atoms with van der Waals surface area (Å²) in [5.41, 5.74) is 0.618. The first-order valence-corrected chi connectivity index (χ1v) is 6.24. The quantitative estimate of drug-likeness (QED) is 0.899. The normalized spacial score (nSPS) is 10.4. The molecular formula is C14H16FN3O. The van der Waals surface area contributed by atoms with Crippen LogP contribution in [0.1, 0.15) is 18.9 Å². The Morgan fingerprint density at radius 1 is 1.42 bits per heavy atom. The van der Waals surface area contributed by atoms with Gasteiger partial charge in [-0.1, -0.05) is 19.1 Å². The number of anilines is 1. The van der Waals surface area contributed by atoms with Crippen LogP contribution in [0.15, 0.2) is 41.5 Å². The van der Waals surface area contributed by atoms with Crippen LogP contribution in [0.5, 0.6) is 0 Å². The number of hydrogen-bond donors (Lipinski definition) is 1. The van der Waals surface area contributed by atoms with Crippen molar-refractivity contribution in [2.75, 3.05) is 5.32 Å². The minimum Gasteiger partial charge on any atom is -0.361 e. The van der Waals surface area contributed by atoms with E-state index in [2.05, 4.69) is 10.3 Å². The van der Waals surface area contributed by atoms with Crippen LogP contribution in [-0.4, -0.2) is 9.55 Å². The topological polar surface area (TPSA) is 46.9 Å². The first kappa shape index (κ1) is 13.3. The van der Waals surface area contributed by atoms with E-state index in [0.29, 0.717) is 18.9 Å². The number of aryl methyl sites for hydroxylation is 1. The lowest BCUT2D eigenvalue weighted by Gasteiger charge is -2.08. The molecule has 0 spiro atoms. The van der Waals surface area contributed by atoms with Gasteiger partial charge in [0.2, 0.25) is 0 Å². The average molecular weight is 261 g/mol. The Morgan fingerprint density at radius 3 is 3.00 bits per heavy atom. The number of nitrogens with one attached hydrogen (secondary N) is 1. The molecule has 19 heavy (non-hydrogen) atoms. The molecule has 0 amide bonds. The zero-order chi connectivity index (χ0) is 13.7. The minimum atomic E-state index is -0.288. The van der Waals surface area contributed by atoms with Crippen molar-refractivity contribution < 1.29 is 4.39 Å². The molecule has 4 nitrogen and oxygen atoms in total. The van der Waals surface area contributed by atoms with Crippen LogP contribution < -0.4 is 10.9 Å². The van der Waals surface area contributed by atoms with Gasteiger partial charge in [-0.3, -0.25) is 4.79 Å². The van der Waals surface area contributed by atoms with Gasteiger partial charge in [0.15, 0.2) is 5.82 Å². The van der Waals surface area contributed by atoms with Crippen molar-refractivity contribution in [2.24, 2.45) is 0 Å². The largest absolute Gasteiger partial charge is 0.361 e. The van der Waals surface area contributed by atoms with Crippen molar-refractivity contribution in [2.45, 2.75) is 26.4 Å². The van der Waals surface area contributed by atoms with Gasteiger partial charge in [-0.15, -0.1) is 0 Å². The van der Waals surface area contributed by atoms with Crippen LogP contribution in [0, 0.1) is 5.82 Å². The highest BCUT2D eigenvalue weighted by Gasteiger charge is 2.04. The SMILES string of the molecule is CCCn1ccnc(NCc2cccc(F)c2)c1=O. The van der Waals surface area contributed by atoms with E-state index in [4.69, 9.17) is 0 Å². The highest BCUT2D eigenvalue weighted by Crippen LogP contribution is 2.05. The Kier molecular flexibility index (Phi) is 4.28. The lowest BCUT2D eigenvalue weighted by molar-refractivity contribution is 0.625. The number of benzene rings is 1. The third kappa shape index (κ3) is 3.40. The summed E-state index contributed by atoms with van der Waals surface area (Å²) >= 11 is 0. The van der Waals surface area contributed by atoms with Crippen LogP contribution in [0.3, 0.4) is 0 Å². The number of halogens is 1. The number of aromatic nitrogens is 2. The molecule has 2 aromatic rings. The second kappa shape index (κ2) is 6.13. The van der Waals surface area contributed by atoms with Gasteiger partial charge >= 0.3 is 0 Å². The molecule has 0 atom stereocenters. The molecule has 100 valence electrons. The van der Waals surface area contributed by atoms with Crippen molar-refractivity contribution >= 4 is 5.82 Å². The summed E-state index contributed by atoms with van der Waals surface area (Å²) in [7, 11) is 0. The van der Waals surface area contributed by atoms with Crippen LogP contribution >= 0.6 is 0 Å². The van der Waals surface area contributed by atoms with E-state index in [1.165, 1.54) is 12.1 Å². The van der Waals surface area contributed by atoms with Gasteiger partial charge in [0, 0.05) is 25.5 Å². The molecule has 0 aliphatic carbocycles. The van der Waals surface area contributed by atoms with Crippen LogP contribution in [0.25, 0.3) is 0 Å². The van der Waals surface area contributed by atoms with Gasteiger partial charge in [0.25, 0.3) is 5.56 Å². The molecule has 0 saturated carbocycles. The van der Waals surface area contributed by atoms with Crippen molar-refractivity contribution in [3.63, 3.8) is 0 Å². The Labute approximate surface area is 110 Å². The van der Waals surface area contributed by atoms with Gasteiger partial charge in [-0.2, -0.15) is 0 Å². The van der Waals surface area contributed by atoms with Gasteiger partial charge in [0.1, 0.15) is 5.82 Å².